The molecular formula is C21H23ClN4O3S2. The van der Waals surface area contributed by atoms with Gasteiger partial charge < -0.3 is 5.32 Å². The van der Waals surface area contributed by atoms with Crippen molar-refractivity contribution in [3.05, 3.63) is 58.6 Å². The molecule has 1 heterocycles. The lowest BCUT2D eigenvalue weighted by molar-refractivity contribution is -0.116. The first-order valence-corrected chi connectivity index (χ1v) is 12.6. The Morgan fingerprint density at radius 3 is 2.45 bits per heavy atom. The zero-order valence-corrected chi connectivity index (χ0v) is 19.8. The molecular weight excluding hydrogens is 456 g/mol. The minimum Gasteiger partial charge on any atom is -0.301 e. The van der Waals surface area contributed by atoms with E-state index in [4.69, 9.17) is 11.6 Å². The van der Waals surface area contributed by atoms with E-state index in [9.17, 15) is 13.2 Å². The molecule has 1 N–H and O–H groups in total. The predicted octanol–water partition coefficient (Wildman–Crippen LogP) is 4.66. The molecule has 1 amide bonds. The summed E-state index contributed by atoms with van der Waals surface area (Å²) in [5, 5.41) is 12.5. The molecule has 0 saturated carbocycles. The molecule has 0 aliphatic rings. The number of benzene rings is 2. The molecule has 2 aromatic carbocycles. The fourth-order valence-electron chi connectivity index (χ4n) is 2.91. The van der Waals surface area contributed by atoms with Crippen molar-refractivity contribution in [1.29, 1.82) is 0 Å². The van der Waals surface area contributed by atoms with E-state index in [1.807, 2.05) is 38.1 Å². The molecule has 10 heteroatoms. The number of aromatic nitrogens is 2. The number of nitrogens with one attached hydrogen (secondary N) is 1. The van der Waals surface area contributed by atoms with Gasteiger partial charge in [0.2, 0.25) is 21.1 Å². The highest BCUT2D eigenvalue weighted by Gasteiger charge is 2.18. The average Bonchev–Trinajstić information content (AvgIpc) is 3.15. The van der Waals surface area contributed by atoms with Crippen molar-refractivity contribution in [2.24, 2.45) is 0 Å². The largest absolute Gasteiger partial charge is 0.301 e. The van der Waals surface area contributed by atoms with E-state index in [1.54, 1.807) is 18.2 Å². The van der Waals surface area contributed by atoms with Crippen LogP contribution < -0.4 is 9.62 Å². The lowest BCUT2D eigenvalue weighted by atomic mass is 10.1. The van der Waals surface area contributed by atoms with E-state index in [1.165, 1.54) is 21.9 Å². The highest BCUT2D eigenvalue weighted by molar-refractivity contribution is 7.92. The minimum absolute atomic E-state index is 0.159. The number of sulfonamides is 1. The van der Waals surface area contributed by atoms with E-state index in [0.717, 1.165) is 16.7 Å². The Labute approximate surface area is 191 Å². The second kappa shape index (κ2) is 9.76. The third kappa shape index (κ3) is 6.25. The molecule has 0 aliphatic heterocycles. The first-order chi connectivity index (χ1) is 14.6. The third-order valence-corrected chi connectivity index (χ3v) is 7.04. The van der Waals surface area contributed by atoms with E-state index in [0.29, 0.717) is 27.3 Å². The maximum absolute atomic E-state index is 12.3. The molecule has 0 fully saturated rings. The number of amides is 1. The number of carbonyl (C=O) groups is 1. The van der Waals surface area contributed by atoms with Crippen LogP contribution in [0.3, 0.4) is 0 Å². The summed E-state index contributed by atoms with van der Waals surface area (Å²) >= 11 is 7.16. The molecule has 3 rings (SSSR count). The first-order valence-electron chi connectivity index (χ1n) is 9.58. The predicted molar refractivity (Wildman–Crippen MR) is 126 cm³/mol. The molecule has 164 valence electrons. The van der Waals surface area contributed by atoms with Gasteiger partial charge in [-0.3, -0.25) is 9.10 Å². The molecule has 7 nitrogen and oxygen atoms in total. The number of hydrogen-bond donors (Lipinski definition) is 1. The molecule has 0 aliphatic carbocycles. The molecule has 1 aromatic heterocycles. The average molecular weight is 479 g/mol. The standard InChI is InChI=1S/C21H23ClN4O3S2/c1-14-6-11-18(13-15(14)2)26(31(3,28)29)12-4-5-19(27)23-21-25-24-20(30-21)16-7-9-17(22)10-8-16/h6-11,13H,4-5,12H2,1-3H3,(H,23,25,27). The Bertz CT molecular complexity index is 1180. The van der Waals surface area contributed by atoms with Crippen molar-refractivity contribution in [2.45, 2.75) is 26.7 Å². The van der Waals surface area contributed by atoms with Crippen LogP contribution >= 0.6 is 22.9 Å². The number of carbonyl (C=O) groups excluding carboxylic acids is 1. The summed E-state index contributed by atoms with van der Waals surface area (Å²) in [5.74, 6) is -0.243. The smallest absolute Gasteiger partial charge is 0.232 e. The lowest BCUT2D eigenvalue weighted by Crippen LogP contribution is -2.31. The van der Waals surface area contributed by atoms with Crippen LogP contribution in [0.15, 0.2) is 42.5 Å². The van der Waals surface area contributed by atoms with Crippen molar-refractivity contribution in [3.8, 4) is 10.6 Å². The summed E-state index contributed by atoms with van der Waals surface area (Å²) in [6.45, 7) is 4.12. The van der Waals surface area contributed by atoms with Crippen LogP contribution in [0, 0.1) is 13.8 Å². The zero-order chi connectivity index (χ0) is 22.6. The highest BCUT2D eigenvalue weighted by Crippen LogP contribution is 2.27. The van der Waals surface area contributed by atoms with E-state index < -0.39 is 10.0 Å². The molecule has 0 saturated heterocycles. The molecule has 3 aromatic rings. The van der Waals surface area contributed by atoms with Crippen LogP contribution in [0.5, 0.6) is 0 Å². The molecule has 0 spiro atoms. The summed E-state index contributed by atoms with van der Waals surface area (Å²) in [7, 11) is -3.46. The van der Waals surface area contributed by atoms with Gasteiger partial charge in [-0.2, -0.15) is 0 Å². The summed E-state index contributed by atoms with van der Waals surface area (Å²) in [4.78, 5) is 12.3. The molecule has 31 heavy (non-hydrogen) atoms. The Hall–Kier alpha value is -2.49. The number of halogens is 1. The number of rotatable bonds is 8. The van der Waals surface area contributed by atoms with Crippen LogP contribution in [0.1, 0.15) is 24.0 Å². The zero-order valence-electron chi connectivity index (χ0n) is 17.4. The van der Waals surface area contributed by atoms with Gasteiger partial charge in [0.25, 0.3) is 0 Å². The number of nitrogens with zero attached hydrogens (tertiary/aromatic N) is 3. The fourth-order valence-corrected chi connectivity index (χ4v) is 4.76. The van der Waals surface area contributed by atoms with Crippen LogP contribution in [0.25, 0.3) is 10.6 Å². The summed E-state index contributed by atoms with van der Waals surface area (Å²) in [5.41, 5.74) is 3.56. The first kappa shape index (κ1) is 23.2. The quantitative estimate of drug-likeness (QED) is 0.508. The van der Waals surface area contributed by atoms with Gasteiger partial charge in [-0.25, -0.2) is 8.42 Å². The summed E-state index contributed by atoms with van der Waals surface area (Å²) < 4.78 is 25.8. The Kier molecular flexibility index (Phi) is 7.30. The normalized spacial score (nSPS) is 11.4. The number of hydrogen-bond acceptors (Lipinski definition) is 6. The van der Waals surface area contributed by atoms with Crippen molar-refractivity contribution < 1.29 is 13.2 Å². The van der Waals surface area contributed by atoms with Gasteiger partial charge in [0.05, 0.1) is 11.9 Å². The molecule has 0 bridgehead atoms. The van der Waals surface area contributed by atoms with Gasteiger partial charge in [-0.15, -0.1) is 10.2 Å². The summed E-state index contributed by atoms with van der Waals surface area (Å²) in [6, 6.07) is 12.7. The maximum Gasteiger partial charge on any atom is 0.232 e. The van der Waals surface area contributed by atoms with Gasteiger partial charge in [-0.05, 0) is 55.7 Å². The Balaban J connectivity index is 1.58. The van der Waals surface area contributed by atoms with Crippen LogP contribution in [-0.2, 0) is 14.8 Å². The monoisotopic (exact) mass is 478 g/mol. The maximum atomic E-state index is 12.3. The highest BCUT2D eigenvalue weighted by atomic mass is 35.5. The van der Waals surface area contributed by atoms with Gasteiger partial charge in [0.1, 0.15) is 5.01 Å². The van der Waals surface area contributed by atoms with E-state index in [-0.39, 0.29) is 18.9 Å². The van der Waals surface area contributed by atoms with Crippen molar-refractivity contribution >= 4 is 49.7 Å². The molecule has 0 radical (unpaired) electrons. The Morgan fingerprint density at radius 1 is 1.10 bits per heavy atom. The number of anilines is 2. The van der Waals surface area contributed by atoms with Gasteiger partial charge >= 0.3 is 0 Å². The third-order valence-electron chi connectivity index (χ3n) is 4.71. The van der Waals surface area contributed by atoms with E-state index >= 15 is 0 Å². The van der Waals surface area contributed by atoms with Crippen molar-refractivity contribution in [1.82, 2.24) is 10.2 Å². The second-order valence-corrected chi connectivity index (χ2v) is 10.5. The van der Waals surface area contributed by atoms with Crippen molar-refractivity contribution in [2.75, 3.05) is 22.4 Å². The van der Waals surface area contributed by atoms with E-state index in [2.05, 4.69) is 15.5 Å². The second-order valence-electron chi connectivity index (χ2n) is 7.17. The van der Waals surface area contributed by atoms with Gasteiger partial charge in [0.15, 0.2) is 0 Å². The van der Waals surface area contributed by atoms with Crippen LogP contribution in [0.4, 0.5) is 10.8 Å². The van der Waals surface area contributed by atoms with Crippen LogP contribution in [0.2, 0.25) is 5.02 Å². The molecule has 0 unspecified atom stereocenters. The Morgan fingerprint density at radius 2 is 1.81 bits per heavy atom. The lowest BCUT2D eigenvalue weighted by Gasteiger charge is -2.23. The topological polar surface area (TPSA) is 92.3 Å². The van der Waals surface area contributed by atoms with Crippen LogP contribution in [-0.4, -0.2) is 37.3 Å². The van der Waals surface area contributed by atoms with Gasteiger partial charge in [-0.1, -0.05) is 41.1 Å². The fraction of sp³-hybridized carbons (Fsp3) is 0.286. The van der Waals surface area contributed by atoms with Crippen molar-refractivity contribution in [3.63, 3.8) is 0 Å². The summed E-state index contributed by atoms with van der Waals surface area (Å²) in [6.07, 6.45) is 1.70. The molecule has 0 atom stereocenters. The minimum atomic E-state index is -3.46. The number of aryl methyl sites for hydroxylation is 2. The SMILES string of the molecule is Cc1ccc(N(CCCC(=O)Nc2nnc(-c3ccc(Cl)cc3)s2)S(C)(=O)=O)cc1C. The van der Waals surface area contributed by atoms with Gasteiger partial charge in [0, 0.05) is 23.6 Å².